The molecular weight excluding hydrogens is 406 g/mol. The fourth-order valence-corrected chi connectivity index (χ4v) is 3.55. The monoisotopic (exact) mass is 428 g/mol. The second kappa shape index (κ2) is 9.22. The molecule has 1 aliphatic heterocycles. The van der Waals surface area contributed by atoms with Gasteiger partial charge < -0.3 is 14.6 Å². The Morgan fingerprint density at radius 2 is 1.94 bits per heavy atom. The molecule has 0 saturated carbocycles. The van der Waals surface area contributed by atoms with Crippen molar-refractivity contribution in [2.75, 3.05) is 25.5 Å². The van der Waals surface area contributed by atoms with E-state index < -0.39 is 11.6 Å². The van der Waals surface area contributed by atoms with Crippen molar-refractivity contribution >= 4 is 11.6 Å². The van der Waals surface area contributed by atoms with Crippen LogP contribution in [0.1, 0.15) is 18.7 Å². The molecule has 31 heavy (non-hydrogen) atoms. The Balaban J connectivity index is 1.29. The number of likely N-dealkylation sites (tertiary alicyclic amines) is 1. The van der Waals surface area contributed by atoms with Gasteiger partial charge in [-0.1, -0.05) is 5.16 Å². The maximum Gasteiger partial charge on any atom is 0.241 e. The summed E-state index contributed by atoms with van der Waals surface area (Å²) >= 11 is 0. The van der Waals surface area contributed by atoms with Crippen LogP contribution in [0.3, 0.4) is 0 Å². The second-order valence-corrected chi connectivity index (χ2v) is 7.40. The summed E-state index contributed by atoms with van der Waals surface area (Å²) in [5, 5.41) is 6.58. The van der Waals surface area contributed by atoms with E-state index in [1.54, 1.807) is 7.11 Å². The summed E-state index contributed by atoms with van der Waals surface area (Å²) in [6.45, 7) is 1.83. The van der Waals surface area contributed by atoms with Gasteiger partial charge in [-0.2, -0.15) is 4.98 Å². The number of aromatic nitrogens is 2. The number of hydrogen-bond donors (Lipinski definition) is 1. The number of carbonyl (C=O) groups excluding carboxylic acids is 1. The van der Waals surface area contributed by atoms with Gasteiger partial charge in [-0.25, -0.2) is 8.78 Å². The molecule has 0 unspecified atom stereocenters. The van der Waals surface area contributed by atoms with Crippen LogP contribution in [0.25, 0.3) is 11.4 Å². The van der Waals surface area contributed by atoms with E-state index in [1.807, 2.05) is 24.3 Å². The zero-order valence-corrected chi connectivity index (χ0v) is 17.0. The lowest BCUT2D eigenvalue weighted by Crippen LogP contribution is -2.37. The van der Waals surface area contributed by atoms with Gasteiger partial charge in [0, 0.05) is 17.5 Å². The molecule has 0 radical (unpaired) electrons. The predicted octanol–water partition coefficient (Wildman–Crippen LogP) is 3.87. The minimum absolute atomic E-state index is 0.00856. The number of ether oxygens (including phenoxy) is 1. The number of methoxy groups -OCH3 is 1. The fourth-order valence-electron chi connectivity index (χ4n) is 3.55. The summed E-state index contributed by atoms with van der Waals surface area (Å²) < 4.78 is 37.3. The summed E-state index contributed by atoms with van der Waals surface area (Å²) in [6.07, 6.45) is 1.24. The number of nitrogens with zero attached hydrogens (tertiary/aromatic N) is 3. The van der Waals surface area contributed by atoms with Crippen molar-refractivity contribution in [3.63, 3.8) is 0 Å². The molecule has 1 saturated heterocycles. The van der Waals surface area contributed by atoms with E-state index in [1.165, 1.54) is 6.07 Å². The lowest BCUT2D eigenvalue weighted by atomic mass is 9.96. The highest BCUT2D eigenvalue weighted by Crippen LogP contribution is 2.24. The van der Waals surface area contributed by atoms with Gasteiger partial charge in [0.1, 0.15) is 17.4 Å². The van der Waals surface area contributed by atoms with Crippen LogP contribution in [-0.4, -0.2) is 41.1 Å². The lowest BCUT2D eigenvalue weighted by molar-refractivity contribution is -0.121. The number of halogens is 2. The number of anilines is 1. The summed E-state index contributed by atoms with van der Waals surface area (Å²) in [7, 11) is 1.61. The van der Waals surface area contributed by atoms with E-state index in [-0.39, 0.29) is 17.5 Å². The first-order valence-electron chi connectivity index (χ1n) is 9.97. The van der Waals surface area contributed by atoms with Crippen LogP contribution in [0, 0.1) is 17.6 Å². The molecule has 1 aliphatic rings. The van der Waals surface area contributed by atoms with Crippen molar-refractivity contribution in [1.82, 2.24) is 15.0 Å². The minimum atomic E-state index is -0.783. The van der Waals surface area contributed by atoms with Crippen LogP contribution in [0.2, 0.25) is 0 Å². The molecule has 1 aromatic heterocycles. The largest absolute Gasteiger partial charge is 0.497 e. The van der Waals surface area contributed by atoms with Crippen molar-refractivity contribution in [2.24, 2.45) is 5.92 Å². The minimum Gasteiger partial charge on any atom is -0.497 e. The summed E-state index contributed by atoms with van der Waals surface area (Å²) in [5.41, 5.74) is 0.824. The van der Waals surface area contributed by atoms with E-state index in [2.05, 4.69) is 20.4 Å². The third-order valence-electron chi connectivity index (χ3n) is 5.32. The van der Waals surface area contributed by atoms with Crippen molar-refractivity contribution in [3.05, 3.63) is 60.0 Å². The molecule has 2 heterocycles. The van der Waals surface area contributed by atoms with Crippen molar-refractivity contribution in [2.45, 2.75) is 19.4 Å². The Morgan fingerprint density at radius 1 is 1.19 bits per heavy atom. The molecule has 0 aliphatic carbocycles. The zero-order chi connectivity index (χ0) is 21.8. The average molecular weight is 428 g/mol. The molecule has 1 amide bonds. The molecule has 3 aromatic rings. The van der Waals surface area contributed by atoms with E-state index >= 15 is 0 Å². The zero-order valence-electron chi connectivity index (χ0n) is 17.0. The fraction of sp³-hybridized carbons (Fsp3) is 0.318. The number of nitrogens with one attached hydrogen (secondary N) is 1. The van der Waals surface area contributed by atoms with Gasteiger partial charge in [0.25, 0.3) is 0 Å². The summed E-state index contributed by atoms with van der Waals surface area (Å²) in [4.78, 5) is 19.0. The van der Waals surface area contributed by atoms with Crippen molar-refractivity contribution in [3.8, 4) is 17.1 Å². The van der Waals surface area contributed by atoms with Crippen LogP contribution in [0.4, 0.5) is 14.5 Å². The normalized spacial score (nSPS) is 15.1. The first-order valence-corrected chi connectivity index (χ1v) is 9.97. The van der Waals surface area contributed by atoms with Gasteiger partial charge in [0.2, 0.25) is 17.6 Å². The Bertz CT molecular complexity index is 1050. The quantitative estimate of drug-likeness (QED) is 0.642. The molecular formula is C22H22F2N4O3. The van der Waals surface area contributed by atoms with Gasteiger partial charge in [-0.05, 0) is 62.3 Å². The summed E-state index contributed by atoms with van der Waals surface area (Å²) in [5.74, 6) is -0.199. The third-order valence-corrected chi connectivity index (χ3v) is 5.32. The Labute approximate surface area is 178 Å². The maximum absolute atomic E-state index is 13.8. The van der Waals surface area contributed by atoms with E-state index in [0.29, 0.717) is 44.2 Å². The number of piperidine rings is 1. The number of amides is 1. The van der Waals surface area contributed by atoms with E-state index in [9.17, 15) is 13.6 Å². The number of rotatable bonds is 6. The van der Waals surface area contributed by atoms with Gasteiger partial charge in [0.15, 0.2) is 0 Å². The topological polar surface area (TPSA) is 80.5 Å². The van der Waals surface area contributed by atoms with E-state index in [4.69, 9.17) is 9.26 Å². The first-order chi connectivity index (χ1) is 15.0. The molecule has 0 bridgehead atoms. The predicted molar refractivity (Wildman–Crippen MR) is 109 cm³/mol. The molecule has 1 fully saturated rings. The van der Waals surface area contributed by atoms with Crippen molar-refractivity contribution in [1.29, 1.82) is 0 Å². The number of carbonyl (C=O) groups is 1. The number of benzene rings is 2. The molecule has 162 valence electrons. The molecule has 7 nitrogen and oxygen atoms in total. The maximum atomic E-state index is 13.8. The highest BCUT2D eigenvalue weighted by atomic mass is 19.1. The standard InChI is InChI=1S/C22H22F2N4O3/c1-30-17-5-2-14(3-6-17)21-26-20(31-27-21)13-28-10-8-15(9-11-28)22(29)25-19-7-4-16(23)12-18(19)24/h2-7,12,15H,8-11,13H2,1H3,(H,25,29). The molecule has 1 N–H and O–H groups in total. The Hall–Kier alpha value is -3.33. The Kier molecular flexibility index (Phi) is 6.22. The lowest BCUT2D eigenvalue weighted by Gasteiger charge is -2.30. The molecule has 9 heteroatoms. The summed E-state index contributed by atoms with van der Waals surface area (Å²) in [6, 6.07) is 10.5. The van der Waals surface area contributed by atoms with E-state index in [0.717, 1.165) is 23.4 Å². The van der Waals surface area contributed by atoms with Gasteiger partial charge >= 0.3 is 0 Å². The van der Waals surface area contributed by atoms with Gasteiger partial charge in [0.05, 0.1) is 19.3 Å². The smallest absolute Gasteiger partial charge is 0.241 e. The molecule has 2 aromatic carbocycles. The highest BCUT2D eigenvalue weighted by Gasteiger charge is 2.26. The Morgan fingerprint density at radius 3 is 2.61 bits per heavy atom. The van der Waals surface area contributed by atoms with Crippen molar-refractivity contribution < 1.29 is 22.8 Å². The van der Waals surface area contributed by atoms with Gasteiger partial charge in [-0.15, -0.1) is 0 Å². The molecule has 4 rings (SSSR count). The number of hydrogen-bond acceptors (Lipinski definition) is 6. The average Bonchev–Trinajstić information content (AvgIpc) is 3.24. The van der Waals surface area contributed by atoms with Crippen LogP contribution < -0.4 is 10.1 Å². The van der Waals surface area contributed by atoms with Gasteiger partial charge in [-0.3, -0.25) is 9.69 Å². The third kappa shape index (κ3) is 5.05. The molecule has 0 spiro atoms. The SMILES string of the molecule is COc1ccc(-c2noc(CN3CCC(C(=O)Nc4ccc(F)cc4F)CC3)n2)cc1. The second-order valence-electron chi connectivity index (χ2n) is 7.40. The van der Waals surface area contributed by atoms with Crippen LogP contribution in [-0.2, 0) is 11.3 Å². The van der Waals surface area contributed by atoms with Crippen LogP contribution >= 0.6 is 0 Å². The van der Waals surface area contributed by atoms with Crippen LogP contribution in [0.15, 0.2) is 47.0 Å². The molecule has 0 atom stereocenters. The highest BCUT2D eigenvalue weighted by molar-refractivity contribution is 5.92. The first kappa shape index (κ1) is 20.9. The van der Waals surface area contributed by atoms with Crippen LogP contribution in [0.5, 0.6) is 5.75 Å².